The van der Waals surface area contributed by atoms with Crippen LogP contribution in [0.25, 0.3) is 0 Å². The summed E-state index contributed by atoms with van der Waals surface area (Å²) in [6, 6.07) is -0.621. The number of primary sulfonamides is 1. The van der Waals surface area contributed by atoms with Crippen LogP contribution in [-0.4, -0.2) is 44.8 Å². The fourth-order valence-electron chi connectivity index (χ4n) is 1.79. The quantitative estimate of drug-likeness (QED) is 0.465. The SMILES string of the molecule is C=C(SC1=C(C)C(NC(C)(O)O)CCS1(=O)=O)S(N)(=O)=O. The largest absolute Gasteiger partial charge is 0.354 e. The molecule has 1 aliphatic heterocycles. The van der Waals surface area contributed by atoms with Crippen LogP contribution in [0.1, 0.15) is 20.3 Å². The standard InChI is InChI=1S/C10H18N2O6S3/c1-6-8(12-10(3,13)14)4-5-20(15,16)9(6)19-7(2)21(11,17)18/h8,12-14H,2,4-5H2,1,3H3,(H2,11,17,18). The Kier molecular flexibility index (Phi) is 5.31. The van der Waals surface area contributed by atoms with Crippen molar-refractivity contribution in [2.24, 2.45) is 5.14 Å². The number of rotatable bonds is 5. The maximum absolute atomic E-state index is 12.1. The molecule has 1 heterocycles. The molecule has 0 amide bonds. The monoisotopic (exact) mass is 358 g/mol. The van der Waals surface area contributed by atoms with Gasteiger partial charge in [0.05, 0.1) is 5.75 Å². The molecule has 11 heteroatoms. The van der Waals surface area contributed by atoms with Gasteiger partial charge in [-0.25, -0.2) is 22.0 Å². The average Bonchev–Trinajstić information content (AvgIpc) is 2.25. The van der Waals surface area contributed by atoms with E-state index in [1.165, 1.54) is 6.92 Å². The Labute approximate surface area is 128 Å². The van der Waals surface area contributed by atoms with Crippen LogP contribution < -0.4 is 10.5 Å². The van der Waals surface area contributed by atoms with Crippen molar-refractivity contribution in [3.63, 3.8) is 0 Å². The Hall–Kier alpha value is -0.430. The third kappa shape index (κ3) is 5.06. The van der Waals surface area contributed by atoms with Crippen molar-refractivity contribution in [1.29, 1.82) is 0 Å². The fourth-order valence-corrected chi connectivity index (χ4v) is 5.59. The molecule has 1 aliphatic rings. The lowest BCUT2D eigenvalue weighted by molar-refractivity contribution is -0.174. The fraction of sp³-hybridized carbons (Fsp3) is 0.600. The number of sulfonamides is 1. The second kappa shape index (κ2) is 5.99. The summed E-state index contributed by atoms with van der Waals surface area (Å²) in [4.78, 5) is 0. The Balaban J connectivity index is 3.20. The Morgan fingerprint density at radius 3 is 2.48 bits per heavy atom. The van der Waals surface area contributed by atoms with E-state index in [9.17, 15) is 27.0 Å². The zero-order chi connectivity index (χ0) is 16.6. The van der Waals surface area contributed by atoms with Gasteiger partial charge in [-0.2, -0.15) is 0 Å². The molecule has 0 fully saturated rings. The summed E-state index contributed by atoms with van der Waals surface area (Å²) in [6.07, 6.45) is 0.136. The van der Waals surface area contributed by atoms with Crippen molar-refractivity contribution < 1.29 is 27.0 Å². The molecule has 1 atom stereocenters. The van der Waals surface area contributed by atoms with E-state index < -0.39 is 36.1 Å². The van der Waals surface area contributed by atoms with Gasteiger partial charge in [0.1, 0.15) is 8.47 Å². The molecule has 21 heavy (non-hydrogen) atoms. The van der Waals surface area contributed by atoms with Gasteiger partial charge in [0, 0.05) is 13.0 Å². The zero-order valence-corrected chi connectivity index (χ0v) is 14.0. The second-order valence-corrected chi connectivity index (χ2v) is 10.1. The molecule has 0 aliphatic carbocycles. The van der Waals surface area contributed by atoms with Crippen LogP contribution in [0.2, 0.25) is 0 Å². The molecule has 0 saturated heterocycles. The molecule has 0 radical (unpaired) electrons. The minimum atomic E-state index is -4.08. The molecule has 122 valence electrons. The van der Waals surface area contributed by atoms with E-state index in [1.807, 2.05) is 0 Å². The van der Waals surface area contributed by atoms with Gasteiger partial charge in [-0.3, -0.25) is 5.32 Å². The highest BCUT2D eigenvalue weighted by atomic mass is 32.3. The van der Waals surface area contributed by atoms with Gasteiger partial charge in [0.25, 0.3) is 0 Å². The highest BCUT2D eigenvalue weighted by Crippen LogP contribution is 2.38. The topological polar surface area (TPSA) is 147 Å². The van der Waals surface area contributed by atoms with Gasteiger partial charge in [-0.15, -0.1) is 0 Å². The second-order valence-electron chi connectivity index (χ2n) is 4.81. The van der Waals surface area contributed by atoms with E-state index >= 15 is 0 Å². The van der Waals surface area contributed by atoms with E-state index in [4.69, 9.17) is 5.14 Å². The van der Waals surface area contributed by atoms with Gasteiger partial charge in [0.15, 0.2) is 9.84 Å². The summed E-state index contributed by atoms with van der Waals surface area (Å²) in [7, 11) is -7.74. The molecule has 8 nitrogen and oxygen atoms in total. The highest BCUT2D eigenvalue weighted by molar-refractivity contribution is 8.27. The van der Waals surface area contributed by atoms with E-state index in [0.29, 0.717) is 11.8 Å². The van der Waals surface area contributed by atoms with Crippen molar-refractivity contribution in [3.8, 4) is 0 Å². The lowest BCUT2D eigenvalue weighted by atomic mass is 10.1. The maximum Gasteiger partial charge on any atom is 0.243 e. The normalized spacial score (nSPS) is 23.2. The van der Waals surface area contributed by atoms with Gasteiger partial charge in [-0.1, -0.05) is 18.3 Å². The predicted molar refractivity (Wildman–Crippen MR) is 80.7 cm³/mol. The molecule has 0 aromatic carbocycles. The zero-order valence-electron chi connectivity index (χ0n) is 11.5. The number of sulfone groups is 1. The van der Waals surface area contributed by atoms with Crippen molar-refractivity contribution in [2.75, 3.05) is 5.75 Å². The summed E-state index contributed by atoms with van der Waals surface area (Å²) < 4.78 is 45.8. The smallest absolute Gasteiger partial charge is 0.243 e. The molecule has 5 N–H and O–H groups in total. The van der Waals surface area contributed by atoms with Crippen LogP contribution in [0.15, 0.2) is 20.6 Å². The molecule has 1 rings (SSSR count). The highest BCUT2D eigenvalue weighted by Gasteiger charge is 2.35. The summed E-state index contributed by atoms with van der Waals surface area (Å²) in [6.45, 7) is 5.82. The first kappa shape index (κ1) is 18.6. The summed E-state index contributed by atoms with van der Waals surface area (Å²) in [5, 5.41) is 26.1. The molecular weight excluding hydrogens is 340 g/mol. The first-order chi connectivity index (χ1) is 9.24. The van der Waals surface area contributed by atoms with E-state index in [1.54, 1.807) is 0 Å². The Bertz CT molecular complexity index is 672. The summed E-state index contributed by atoms with van der Waals surface area (Å²) in [5.41, 5.74) is 0.283. The summed E-state index contributed by atoms with van der Waals surface area (Å²) >= 11 is 0.453. The molecule has 0 spiro atoms. The third-order valence-electron chi connectivity index (χ3n) is 2.77. The molecule has 0 aromatic heterocycles. The minimum Gasteiger partial charge on any atom is -0.354 e. The van der Waals surface area contributed by atoms with Crippen molar-refractivity contribution >= 4 is 31.6 Å². The van der Waals surface area contributed by atoms with Crippen LogP contribution in [-0.2, 0) is 19.9 Å². The van der Waals surface area contributed by atoms with Crippen molar-refractivity contribution in [1.82, 2.24) is 5.32 Å². The number of aliphatic hydroxyl groups is 2. The van der Waals surface area contributed by atoms with Crippen LogP contribution >= 0.6 is 11.8 Å². The number of hydrogen-bond donors (Lipinski definition) is 4. The van der Waals surface area contributed by atoms with Gasteiger partial charge < -0.3 is 10.2 Å². The molecule has 1 unspecified atom stereocenters. The maximum atomic E-state index is 12.1. The minimum absolute atomic E-state index is 0.136. The van der Waals surface area contributed by atoms with E-state index in [-0.39, 0.29) is 22.0 Å². The van der Waals surface area contributed by atoms with Gasteiger partial charge in [0.2, 0.25) is 15.9 Å². The first-order valence-corrected chi connectivity index (χ1v) is 9.81. The lowest BCUT2D eigenvalue weighted by Crippen LogP contribution is -2.50. The number of nitrogens with two attached hydrogens (primary N) is 1. The van der Waals surface area contributed by atoms with Crippen molar-refractivity contribution in [3.05, 3.63) is 20.6 Å². The average molecular weight is 358 g/mol. The number of thioether (sulfide) groups is 1. The molecule has 0 saturated carbocycles. The summed E-state index contributed by atoms with van der Waals surface area (Å²) in [5.74, 6) is -2.43. The van der Waals surface area contributed by atoms with Crippen LogP contribution in [0, 0.1) is 0 Å². The third-order valence-corrected chi connectivity index (χ3v) is 7.76. The van der Waals surface area contributed by atoms with Crippen LogP contribution in [0.3, 0.4) is 0 Å². The first-order valence-electron chi connectivity index (χ1n) is 5.79. The lowest BCUT2D eigenvalue weighted by Gasteiger charge is -2.31. The van der Waals surface area contributed by atoms with Crippen LogP contribution in [0.5, 0.6) is 0 Å². The predicted octanol–water partition coefficient (Wildman–Crippen LogP) is -0.854. The van der Waals surface area contributed by atoms with Crippen molar-refractivity contribution in [2.45, 2.75) is 32.2 Å². The molecule has 0 bridgehead atoms. The Morgan fingerprint density at radius 1 is 1.52 bits per heavy atom. The van der Waals surface area contributed by atoms with Gasteiger partial charge >= 0.3 is 0 Å². The molecular formula is C10H18N2O6S3. The van der Waals surface area contributed by atoms with Gasteiger partial charge in [-0.05, 0) is 18.9 Å². The van der Waals surface area contributed by atoms with Crippen LogP contribution in [0.4, 0.5) is 0 Å². The van der Waals surface area contributed by atoms with E-state index in [0.717, 1.165) is 6.92 Å². The van der Waals surface area contributed by atoms with E-state index in [2.05, 4.69) is 11.9 Å². The molecule has 0 aromatic rings. The number of nitrogens with one attached hydrogen (secondary N) is 1. The number of hydrogen-bond acceptors (Lipinski definition) is 8. The Morgan fingerprint density at radius 2 is 2.05 bits per heavy atom.